The number of carbonyl (C=O) groups is 3. The van der Waals surface area contributed by atoms with Gasteiger partial charge in [0.2, 0.25) is 0 Å². The van der Waals surface area contributed by atoms with Gasteiger partial charge in [-0.3, -0.25) is 9.69 Å². The summed E-state index contributed by atoms with van der Waals surface area (Å²) in [5.41, 5.74) is 1.87. The van der Waals surface area contributed by atoms with Crippen molar-refractivity contribution < 1.29 is 23.9 Å². The molecule has 0 radical (unpaired) electrons. The van der Waals surface area contributed by atoms with Gasteiger partial charge in [-0.15, -0.1) is 23.5 Å². The van der Waals surface area contributed by atoms with Crippen LogP contribution >= 0.6 is 23.5 Å². The van der Waals surface area contributed by atoms with Crippen molar-refractivity contribution in [3.05, 3.63) is 94.5 Å². The largest absolute Gasteiger partial charge is 0.448 e. The predicted octanol–water partition coefficient (Wildman–Crippen LogP) is 5.19. The van der Waals surface area contributed by atoms with Crippen LogP contribution in [0.3, 0.4) is 0 Å². The third-order valence-corrected chi connectivity index (χ3v) is 8.36. The molecule has 4 rings (SSSR count). The molecule has 2 heterocycles. The van der Waals surface area contributed by atoms with Crippen LogP contribution in [0.1, 0.15) is 38.0 Å². The van der Waals surface area contributed by atoms with Gasteiger partial charge in [-0.2, -0.15) is 0 Å². The highest BCUT2D eigenvalue weighted by atomic mass is 32.2. The van der Waals surface area contributed by atoms with Crippen molar-refractivity contribution in [1.29, 1.82) is 0 Å². The predicted molar refractivity (Wildman–Crippen MR) is 164 cm³/mol. The number of carbonyl (C=O) groups excluding carboxylic acids is 3. The number of β-lactam (4-membered cyclic amide) rings is 1. The number of ether oxygens (including phenoxy) is 2. The molecular formula is C31H37N3O5S2. The summed E-state index contributed by atoms with van der Waals surface area (Å²) in [4.78, 5) is 43.3. The minimum absolute atomic E-state index is 0.210. The van der Waals surface area contributed by atoms with Crippen molar-refractivity contribution >= 4 is 41.5 Å². The standard InChI is InChI=1S/C31H37N3O5S2/c1-31(2,3)39-30(37)32-24-27(35)34-25(23(20-41-28(24)34)16-18-40-19-17-33(4)5)29(36)38-26(21-12-8-6-9-13-21)22-14-10-7-11-15-22/h6-16,18,24,26,28H,17,19-20H2,1-5H3,(H,32,37)/t24-,28-/m1/s1. The van der Waals surface area contributed by atoms with Crippen molar-refractivity contribution in [1.82, 2.24) is 15.1 Å². The molecule has 41 heavy (non-hydrogen) atoms. The Balaban J connectivity index is 1.61. The van der Waals surface area contributed by atoms with E-state index in [1.54, 1.807) is 32.5 Å². The Kier molecular flexibility index (Phi) is 10.2. The lowest BCUT2D eigenvalue weighted by Gasteiger charge is -2.49. The lowest BCUT2D eigenvalue weighted by molar-refractivity contribution is -0.153. The van der Waals surface area contributed by atoms with Crippen molar-refractivity contribution in [2.45, 2.75) is 43.9 Å². The van der Waals surface area contributed by atoms with E-state index in [0.29, 0.717) is 11.3 Å². The fourth-order valence-electron chi connectivity index (χ4n) is 4.38. The molecule has 0 aliphatic carbocycles. The van der Waals surface area contributed by atoms with Gasteiger partial charge in [-0.1, -0.05) is 60.7 Å². The van der Waals surface area contributed by atoms with E-state index >= 15 is 0 Å². The summed E-state index contributed by atoms with van der Waals surface area (Å²) in [5.74, 6) is 0.412. The van der Waals surface area contributed by atoms with Gasteiger partial charge < -0.3 is 19.7 Å². The molecule has 10 heteroatoms. The first-order chi connectivity index (χ1) is 19.5. The third-order valence-electron chi connectivity index (χ3n) is 6.31. The van der Waals surface area contributed by atoms with Gasteiger partial charge in [0.15, 0.2) is 6.10 Å². The number of hydrogen-bond acceptors (Lipinski definition) is 8. The summed E-state index contributed by atoms with van der Waals surface area (Å²) in [6, 6.07) is 18.3. The summed E-state index contributed by atoms with van der Waals surface area (Å²) >= 11 is 3.13. The van der Waals surface area contributed by atoms with E-state index in [9.17, 15) is 14.4 Å². The summed E-state index contributed by atoms with van der Waals surface area (Å²) in [5, 5.41) is 4.20. The molecule has 2 amide bonds. The number of thioether (sulfide) groups is 2. The first-order valence-corrected chi connectivity index (χ1v) is 15.6. The van der Waals surface area contributed by atoms with Crippen LogP contribution in [0.25, 0.3) is 0 Å². The van der Waals surface area contributed by atoms with E-state index in [1.165, 1.54) is 16.7 Å². The Morgan fingerprint density at radius 2 is 1.71 bits per heavy atom. The van der Waals surface area contributed by atoms with Crippen LogP contribution in [-0.4, -0.2) is 76.9 Å². The maximum Gasteiger partial charge on any atom is 0.408 e. The average molecular weight is 596 g/mol. The molecule has 1 N–H and O–H groups in total. The zero-order valence-electron chi connectivity index (χ0n) is 24.0. The zero-order valence-corrected chi connectivity index (χ0v) is 25.7. The minimum atomic E-state index is -0.795. The van der Waals surface area contributed by atoms with Crippen LogP contribution in [-0.2, 0) is 19.1 Å². The number of nitrogens with one attached hydrogen (secondary N) is 1. The molecule has 0 bridgehead atoms. The summed E-state index contributed by atoms with van der Waals surface area (Å²) in [6.07, 6.45) is 0.569. The normalized spacial score (nSPS) is 18.9. The fourth-order valence-corrected chi connectivity index (χ4v) is 6.56. The summed E-state index contributed by atoms with van der Waals surface area (Å²) in [7, 11) is 4.04. The van der Waals surface area contributed by atoms with Gasteiger partial charge in [-0.25, -0.2) is 9.59 Å². The quantitative estimate of drug-likeness (QED) is 0.228. The molecule has 2 aromatic carbocycles. The van der Waals surface area contributed by atoms with E-state index in [1.807, 2.05) is 86.2 Å². The Bertz CT molecular complexity index is 1250. The maximum absolute atomic E-state index is 14.0. The van der Waals surface area contributed by atoms with Crippen LogP contribution < -0.4 is 5.32 Å². The molecule has 0 aromatic heterocycles. The number of benzene rings is 2. The van der Waals surface area contributed by atoms with Gasteiger partial charge in [0, 0.05) is 18.1 Å². The molecule has 2 atom stereocenters. The van der Waals surface area contributed by atoms with E-state index in [-0.39, 0.29) is 11.6 Å². The van der Waals surface area contributed by atoms with E-state index in [0.717, 1.165) is 23.4 Å². The fraction of sp³-hybridized carbons (Fsp3) is 0.387. The average Bonchev–Trinajstić information content (AvgIpc) is 2.93. The number of hydrogen-bond donors (Lipinski definition) is 1. The van der Waals surface area contributed by atoms with E-state index in [2.05, 4.69) is 10.2 Å². The van der Waals surface area contributed by atoms with Crippen molar-refractivity contribution in [2.24, 2.45) is 0 Å². The van der Waals surface area contributed by atoms with Crippen LogP contribution in [0.15, 0.2) is 83.4 Å². The highest BCUT2D eigenvalue weighted by Gasteiger charge is 2.54. The summed E-state index contributed by atoms with van der Waals surface area (Å²) < 4.78 is 11.5. The van der Waals surface area contributed by atoms with Gasteiger partial charge in [0.05, 0.1) is 0 Å². The molecule has 0 unspecified atom stereocenters. The molecule has 218 valence electrons. The molecule has 2 aliphatic heterocycles. The second-order valence-electron chi connectivity index (χ2n) is 11.0. The Labute approximate surface area is 250 Å². The molecule has 2 aromatic rings. The number of rotatable bonds is 10. The van der Waals surface area contributed by atoms with Crippen molar-refractivity contribution in [3.63, 3.8) is 0 Å². The molecule has 8 nitrogen and oxygen atoms in total. The van der Waals surface area contributed by atoms with Crippen molar-refractivity contribution in [3.8, 4) is 0 Å². The number of allylic oxidation sites excluding steroid dienone is 1. The summed E-state index contributed by atoms with van der Waals surface area (Å²) in [6.45, 7) is 6.20. The van der Waals surface area contributed by atoms with Gasteiger partial charge in [0.1, 0.15) is 22.7 Å². The van der Waals surface area contributed by atoms with Gasteiger partial charge in [-0.05, 0) is 63.1 Å². The van der Waals surface area contributed by atoms with E-state index in [4.69, 9.17) is 9.47 Å². The monoisotopic (exact) mass is 595 g/mol. The van der Waals surface area contributed by atoms with Crippen LogP contribution in [0.4, 0.5) is 4.79 Å². The van der Waals surface area contributed by atoms with Crippen LogP contribution in [0, 0.1) is 0 Å². The lowest BCUT2D eigenvalue weighted by Crippen LogP contribution is -2.70. The zero-order chi connectivity index (χ0) is 29.6. The molecule has 1 saturated heterocycles. The second kappa shape index (κ2) is 13.6. The molecule has 2 aliphatic rings. The van der Waals surface area contributed by atoms with Crippen molar-refractivity contribution in [2.75, 3.05) is 32.1 Å². The molecular weight excluding hydrogens is 558 g/mol. The Hall–Kier alpha value is -3.21. The van der Waals surface area contributed by atoms with Crippen LogP contribution in [0.5, 0.6) is 0 Å². The van der Waals surface area contributed by atoms with Gasteiger partial charge in [0.25, 0.3) is 5.91 Å². The Morgan fingerprint density at radius 3 is 2.27 bits per heavy atom. The molecule has 0 saturated carbocycles. The highest BCUT2D eigenvalue weighted by Crippen LogP contribution is 2.42. The molecule has 1 fully saturated rings. The number of fused-ring (bicyclic) bond motifs is 1. The Morgan fingerprint density at radius 1 is 1.10 bits per heavy atom. The highest BCUT2D eigenvalue weighted by molar-refractivity contribution is 8.02. The number of alkyl carbamates (subject to hydrolysis) is 1. The first-order valence-electron chi connectivity index (χ1n) is 13.5. The minimum Gasteiger partial charge on any atom is -0.448 e. The number of nitrogens with zero attached hydrogens (tertiary/aromatic N) is 2. The maximum atomic E-state index is 14.0. The first kappa shape index (κ1) is 30.7. The topological polar surface area (TPSA) is 88.2 Å². The van der Waals surface area contributed by atoms with Crippen LogP contribution in [0.2, 0.25) is 0 Å². The van der Waals surface area contributed by atoms with Gasteiger partial charge >= 0.3 is 12.1 Å². The lowest BCUT2D eigenvalue weighted by atomic mass is 10.0. The SMILES string of the molecule is CN(C)CCSC=CC1=C(C(=O)OC(c2ccccc2)c2ccccc2)N2C(=O)[C@@H](NC(=O)OC(C)(C)C)[C@H]2SC1. The van der Waals surface area contributed by atoms with E-state index < -0.39 is 35.2 Å². The molecule has 0 spiro atoms. The second-order valence-corrected chi connectivity index (χ2v) is 13.1. The number of esters is 1. The smallest absolute Gasteiger partial charge is 0.408 e. The number of amides is 2. The third kappa shape index (κ3) is 7.96.